The van der Waals surface area contributed by atoms with Crippen LogP contribution < -0.4 is 5.32 Å². The molecule has 1 heterocycles. The number of carbonyl (C=O) groups excluding carboxylic acids is 2. The highest BCUT2D eigenvalue weighted by atomic mass is 16.2. The molecule has 4 nitrogen and oxygen atoms in total. The first kappa shape index (κ1) is 13.2. The first-order valence-corrected chi connectivity index (χ1v) is 7.15. The van der Waals surface area contributed by atoms with Crippen molar-refractivity contribution in [3.63, 3.8) is 0 Å². The van der Waals surface area contributed by atoms with Gasteiger partial charge in [0.25, 0.3) is 5.91 Å². The predicted octanol–water partition coefficient (Wildman–Crippen LogP) is 1.66. The summed E-state index contributed by atoms with van der Waals surface area (Å²) in [5.74, 6) is 0.424. The predicted molar refractivity (Wildman–Crippen MR) is 75.8 cm³/mol. The highest BCUT2D eigenvalue weighted by Crippen LogP contribution is 2.40. The van der Waals surface area contributed by atoms with Crippen molar-refractivity contribution in [1.29, 1.82) is 0 Å². The van der Waals surface area contributed by atoms with Crippen LogP contribution in [0.5, 0.6) is 0 Å². The van der Waals surface area contributed by atoms with Crippen LogP contribution in [0.25, 0.3) is 0 Å². The number of nitrogens with zero attached hydrogens (tertiary/aromatic N) is 1. The molecule has 1 saturated carbocycles. The molecule has 4 heteroatoms. The Labute approximate surface area is 119 Å². The summed E-state index contributed by atoms with van der Waals surface area (Å²) in [6.45, 7) is 5.73. The lowest BCUT2D eigenvalue weighted by atomic mass is 9.87. The Morgan fingerprint density at radius 1 is 1.20 bits per heavy atom. The minimum atomic E-state index is -0.951. The average molecular weight is 272 g/mol. The molecular weight excluding hydrogens is 252 g/mol. The Morgan fingerprint density at radius 2 is 1.80 bits per heavy atom. The van der Waals surface area contributed by atoms with Crippen molar-refractivity contribution in [1.82, 2.24) is 10.2 Å². The molecule has 1 saturated heterocycles. The molecule has 1 aromatic rings. The molecule has 20 heavy (non-hydrogen) atoms. The molecule has 0 spiro atoms. The van der Waals surface area contributed by atoms with E-state index in [1.165, 1.54) is 0 Å². The van der Waals surface area contributed by atoms with E-state index in [4.69, 9.17) is 0 Å². The van der Waals surface area contributed by atoms with Gasteiger partial charge in [0.05, 0.1) is 0 Å². The molecule has 106 valence electrons. The summed E-state index contributed by atoms with van der Waals surface area (Å²) in [6, 6.07) is 9.31. The summed E-state index contributed by atoms with van der Waals surface area (Å²) in [5.41, 5.74) is -0.115. The Kier molecular flexibility index (Phi) is 2.85. The van der Waals surface area contributed by atoms with Gasteiger partial charge in [-0.2, -0.15) is 0 Å². The van der Waals surface area contributed by atoms with Crippen LogP contribution in [0, 0.1) is 5.92 Å². The Bertz CT molecular complexity index is 557. The summed E-state index contributed by atoms with van der Waals surface area (Å²) in [5, 5.41) is 2.91. The molecule has 4 atom stereocenters. The molecule has 2 aliphatic rings. The van der Waals surface area contributed by atoms with E-state index < -0.39 is 5.54 Å². The van der Waals surface area contributed by atoms with Gasteiger partial charge in [-0.1, -0.05) is 37.3 Å². The Morgan fingerprint density at radius 3 is 2.35 bits per heavy atom. The van der Waals surface area contributed by atoms with Gasteiger partial charge in [0.2, 0.25) is 5.91 Å². The number of benzene rings is 1. The molecule has 3 rings (SSSR count). The summed E-state index contributed by atoms with van der Waals surface area (Å²) in [7, 11) is 0. The molecule has 0 radical (unpaired) electrons. The number of amides is 2. The molecule has 1 aliphatic carbocycles. The third-order valence-corrected chi connectivity index (χ3v) is 4.61. The summed E-state index contributed by atoms with van der Waals surface area (Å²) < 4.78 is 0. The second kappa shape index (κ2) is 4.33. The fourth-order valence-electron chi connectivity index (χ4n) is 3.06. The van der Waals surface area contributed by atoms with Crippen LogP contribution in [-0.2, 0) is 15.1 Å². The van der Waals surface area contributed by atoms with E-state index >= 15 is 0 Å². The number of piperazine rings is 1. The van der Waals surface area contributed by atoms with E-state index in [-0.39, 0.29) is 23.9 Å². The lowest BCUT2D eigenvalue weighted by molar-refractivity contribution is -0.155. The van der Waals surface area contributed by atoms with Gasteiger partial charge >= 0.3 is 0 Å². The van der Waals surface area contributed by atoms with E-state index in [0.717, 1.165) is 12.0 Å². The van der Waals surface area contributed by atoms with Crippen molar-refractivity contribution in [2.24, 2.45) is 5.92 Å². The van der Waals surface area contributed by atoms with Crippen LogP contribution in [0.1, 0.15) is 32.8 Å². The van der Waals surface area contributed by atoms with Gasteiger partial charge in [-0.25, -0.2) is 0 Å². The molecule has 1 aromatic carbocycles. The zero-order valence-electron chi connectivity index (χ0n) is 12.1. The number of hydrogen-bond donors (Lipinski definition) is 1. The second-order valence-corrected chi connectivity index (χ2v) is 6.15. The lowest BCUT2D eigenvalue weighted by Crippen LogP contribution is -2.67. The van der Waals surface area contributed by atoms with Crippen LogP contribution >= 0.6 is 0 Å². The summed E-state index contributed by atoms with van der Waals surface area (Å²) in [4.78, 5) is 27.0. The topological polar surface area (TPSA) is 49.4 Å². The smallest absolute Gasteiger partial charge is 0.253 e. The number of carbonyl (C=O) groups is 2. The van der Waals surface area contributed by atoms with Gasteiger partial charge in [-0.3, -0.25) is 9.59 Å². The Balaban J connectivity index is 2.00. The first-order chi connectivity index (χ1) is 9.45. The highest BCUT2D eigenvalue weighted by molar-refractivity contribution is 6.00. The van der Waals surface area contributed by atoms with Gasteiger partial charge < -0.3 is 10.2 Å². The van der Waals surface area contributed by atoms with Gasteiger partial charge in [-0.05, 0) is 31.7 Å². The average Bonchev–Trinajstić information content (AvgIpc) is 3.15. The molecule has 0 aromatic heterocycles. The first-order valence-electron chi connectivity index (χ1n) is 7.15. The normalized spacial score (nSPS) is 36.8. The van der Waals surface area contributed by atoms with E-state index in [0.29, 0.717) is 5.92 Å². The Hall–Kier alpha value is -1.84. The van der Waals surface area contributed by atoms with Crippen molar-refractivity contribution in [2.75, 3.05) is 0 Å². The molecule has 0 bridgehead atoms. The van der Waals surface area contributed by atoms with Gasteiger partial charge in [0, 0.05) is 6.04 Å². The molecular formula is C16H20N2O2. The molecule has 4 unspecified atom stereocenters. The van der Waals surface area contributed by atoms with Gasteiger partial charge in [0.1, 0.15) is 11.6 Å². The standard InChI is InChI=1S/C16H20N2O2/c1-10-9-13(10)18-11(2)14(19)17-16(3,15(18)20)12-7-5-4-6-8-12/h4-8,10-11,13H,9H2,1-3H3,(H,17,19). The van der Waals surface area contributed by atoms with E-state index in [2.05, 4.69) is 12.2 Å². The number of hydrogen-bond acceptors (Lipinski definition) is 2. The molecule has 2 amide bonds. The van der Waals surface area contributed by atoms with Crippen LogP contribution in [0.3, 0.4) is 0 Å². The fourth-order valence-corrected chi connectivity index (χ4v) is 3.06. The zero-order valence-corrected chi connectivity index (χ0v) is 12.1. The van der Waals surface area contributed by atoms with E-state index in [1.807, 2.05) is 37.3 Å². The maximum absolute atomic E-state index is 12.9. The monoisotopic (exact) mass is 272 g/mol. The van der Waals surface area contributed by atoms with Crippen molar-refractivity contribution in [3.8, 4) is 0 Å². The maximum atomic E-state index is 12.9. The molecule has 2 fully saturated rings. The van der Waals surface area contributed by atoms with Crippen molar-refractivity contribution in [3.05, 3.63) is 35.9 Å². The van der Waals surface area contributed by atoms with Crippen molar-refractivity contribution >= 4 is 11.8 Å². The van der Waals surface area contributed by atoms with Crippen molar-refractivity contribution < 1.29 is 9.59 Å². The summed E-state index contributed by atoms with van der Waals surface area (Å²) >= 11 is 0. The number of nitrogens with one attached hydrogen (secondary N) is 1. The second-order valence-electron chi connectivity index (χ2n) is 6.15. The number of rotatable bonds is 2. The SMILES string of the molecule is CC1CC1N1C(=O)C(C)(c2ccccc2)NC(=O)C1C. The zero-order chi connectivity index (χ0) is 14.5. The lowest BCUT2D eigenvalue weighted by Gasteiger charge is -2.44. The summed E-state index contributed by atoms with van der Waals surface area (Å²) in [6.07, 6.45) is 0.994. The van der Waals surface area contributed by atoms with Gasteiger partial charge in [0.15, 0.2) is 0 Å². The van der Waals surface area contributed by atoms with E-state index in [1.54, 1.807) is 11.8 Å². The minimum Gasteiger partial charge on any atom is -0.336 e. The van der Waals surface area contributed by atoms with Crippen molar-refractivity contribution in [2.45, 2.75) is 44.8 Å². The van der Waals surface area contributed by atoms with Crippen LogP contribution in [0.2, 0.25) is 0 Å². The fraction of sp³-hybridized carbons (Fsp3) is 0.500. The minimum absolute atomic E-state index is 0.00477. The third-order valence-electron chi connectivity index (χ3n) is 4.61. The highest BCUT2D eigenvalue weighted by Gasteiger charge is 2.53. The quantitative estimate of drug-likeness (QED) is 0.890. The van der Waals surface area contributed by atoms with Crippen LogP contribution in [0.15, 0.2) is 30.3 Å². The maximum Gasteiger partial charge on any atom is 0.253 e. The van der Waals surface area contributed by atoms with Crippen LogP contribution in [-0.4, -0.2) is 28.8 Å². The third kappa shape index (κ3) is 1.82. The van der Waals surface area contributed by atoms with E-state index in [9.17, 15) is 9.59 Å². The molecule has 1 aliphatic heterocycles. The van der Waals surface area contributed by atoms with Crippen LogP contribution in [0.4, 0.5) is 0 Å². The van der Waals surface area contributed by atoms with Gasteiger partial charge in [-0.15, -0.1) is 0 Å². The molecule has 1 N–H and O–H groups in total. The largest absolute Gasteiger partial charge is 0.336 e.